The molecule has 0 saturated heterocycles. The number of hydrogen-bond donors (Lipinski definition) is 1. The van der Waals surface area contributed by atoms with E-state index in [9.17, 15) is 0 Å². The van der Waals surface area contributed by atoms with Crippen LogP contribution in [0.1, 0.15) is 46.0 Å². The van der Waals surface area contributed by atoms with Crippen molar-refractivity contribution in [2.24, 2.45) is 0 Å². The van der Waals surface area contributed by atoms with Crippen LogP contribution in [-0.2, 0) is 0 Å². The van der Waals surface area contributed by atoms with Gasteiger partial charge in [-0.3, -0.25) is 0 Å². The fourth-order valence-corrected chi connectivity index (χ4v) is 2.63. The summed E-state index contributed by atoms with van der Waals surface area (Å²) in [4.78, 5) is 1.38. The van der Waals surface area contributed by atoms with Gasteiger partial charge in [-0.1, -0.05) is 51.7 Å². The molecule has 1 rings (SSSR count). The monoisotopic (exact) mass is 251 g/mol. The number of anilines is 1. The number of para-hydroxylation sites is 1. The van der Waals surface area contributed by atoms with E-state index in [0.717, 1.165) is 12.3 Å². The van der Waals surface area contributed by atoms with Gasteiger partial charge in [0.1, 0.15) is 0 Å². The minimum Gasteiger partial charge on any atom is -0.384 e. The molecule has 96 valence electrons. The van der Waals surface area contributed by atoms with E-state index in [2.05, 4.69) is 43.4 Å². The molecule has 0 heterocycles. The number of rotatable bonds is 9. The molecule has 17 heavy (non-hydrogen) atoms. The molecule has 1 aromatic carbocycles. The zero-order valence-corrected chi connectivity index (χ0v) is 12.0. The molecule has 0 radical (unpaired) electrons. The summed E-state index contributed by atoms with van der Waals surface area (Å²) in [7, 11) is 0. The smallest absolute Gasteiger partial charge is 0.0478 e. The molecular formula is C15H25NS. The van der Waals surface area contributed by atoms with Gasteiger partial charge in [0, 0.05) is 17.1 Å². The molecule has 0 aliphatic carbocycles. The maximum absolute atomic E-state index is 3.55. The summed E-state index contributed by atoms with van der Waals surface area (Å²) < 4.78 is 0. The van der Waals surface area contributed by atoms with E-state index in [0.29, 0.717) is 0 Å². The first kappa shape index (κ1) is 14.4. The molecule has 0 atom stereocenters. The van der Waals surface area contributed by atoms with Crippen molar-refractivity contribution >= 4 is 17.4 Å². The first-order valence-corrected chi connectivity index (χ1v) is 7.82. The van der Waals surface area contributed by atoms with Crippen LogP contribution in [-0.4, -0.2) is 12.3 Å². The molecule has 1 nitrogen and oxygen atoms in total. The summed E-state index contributed by atoms with van der Waals surface area (Å²) in [5.74, 6) is 1.13. The highest BCUT2D eigenvalue weighted by molar-refractivity contribution is 7.99. The summed E-state index contributed by atoms with van der Waals surface area (Å²) in [5, 5.41) is 3.55. The Balaban J connectivity index is 2.25. The second-order valence-corrected chi connectivity index (χ2v) is 5.58. The fraction of sp³-hybridized carbons (Fsp3) is 0.600. The van der Waals surface area contributed by atoms with Crippen LogP contribution >= 0.6 is 11.8 Å². The minimum absolute atomic E-state index is 1.10. The van der Waals surface area contributed by atoms with Gasteiger partial charge in [-0.15, -0.1) is 11.8 Å². The van der Waals surface area contributed by atoms with Crippen molar-refractivity contribution in [2.45, 2.75) is 50.8 Å². The van der Waals surface area contributed by atoms with Crippen molar-refractivity contribution in [3.8, 4) is 0 Å². The van der Waals surface area contributed by atoms with Gasteiger partial charge in [0.15, 0.2) is 0 Å². The Morgan fingerprint density at radius 3 is 2.53 bits per heavy atom. The number of thioether (sulfide) groups is 1. The van der Waals surface area contributed by atoms with Gasteiger partial charge < -0.3 is 5.32 Å². The zero-order valence-electron chi connectivity index (χ0n) is 11.2. The molecule has 1 N–H and O–H groups in total. The van der Waals surface area contributed by atoms with Crippen molar-refractivity contribution < 1.29 is 0 Å². The second-order valence-electron chi connectivity index (χ2n) is 4.27. The average molecular weight is 251 g/mol. The summed E-state index contributed by atoms with van der Waals surface area (Å²) in [6.45, 7) is 5.56. The summed E-state index contributed by atoms with van der Waals surface area (Å²) in [5.41, 5.74) is 1.30. The van der Waals surface area contributed by atoms with Crippen LogP contribution in [0.3, 0.4) is 0 Å². The second kappa shape index (κ2) is 9.41. The maximum Gasteiger partial charge on any atom is 0.0478 e. The lowest BCUT2D eigenvalue weighted by Crippen LogP contribution is -2.02. The van der Waals surface area contributed by atoms with Gasteiger partial charge in [-0.05, 0) is 24.3 Å². The lowest BCUT2D eigenvalue weighted by atomic mass is 10.1. The lowest BCUT2D eigenvalue weighted by Gasteiger charge is -2.10. The van der Waals surface area contributed by atoms with E-state index in [4.69, 9.17) is 0 Å². The predicted octanol–water partition coefficient (Wildman–Crippen LogP) is 5.18. The van der Waals surface area contributed by atoms with E-state index < -0.39 is 0 Å². The Morgan fingerprint density at radius 1 is 1.00 bits per heavy atom. The molecule has 0 fully saturated rings. The molecule has 0 spiro atoms. The molecule has 2 heteroatoms. The normalized spacial score (nSPS) is 10.5. The summed E-state index contributed by atoms with van der Waals surface area (Å²) >= 11 is 1.91. The van der Waals surface area contributed by atoms with Crippen LogP contribution in [0.15, 0.2) is 29.2 Å². The van der Waals surface area contributed by atoms with Crippen LogP contribution in [0, 0.1) is 0 Å². The van der Waals surface area contributed by atoms with Gasteiger partial charge in [-0.25, -0.2) is 0 Å². The summed E-state index contributed by atoms with van der Waals surface area (Å²) in [6, 6.07) is 8.61. The van der Waals surface area contributed by atoms with Crippen LogP contribution in [0.5, 0.6) is 0 Å². The first-order valence-electron chi connectivity index (χ1n) is 6.84. The van der Waals surface area contributed by atoms with E-state index in [1.54, 1.807) is 0 Å². The van der Waals surface area contributed by atoms with Gasteiger partial charge in [0.25, 0.3) is 0 Å². The van der Waals surface area contributed by atoms with Crippen molar-refractivity contribution in [1.82, 2.24) is 0 Å². The van der Waals surface area contributed by atoms with Gasteiger partial charge in [-0.2, -0.15) is 0 Å². The molecule has 0 saturated carbocycles. The number of nitrogens with one attached hydrogen (secondary N) is 1. The quantitative estimate of drug-likeness (QED) is 0.479. The Hall–Kier alpha value is -0.630. The lowest BCUT2D eigenvalue weighted by molar-refractivity contribution is 0.645. The number of benzene rings is 1. The van der Waals surface area contributed by atoms with E-state index >= 15 is 0 Å². The number of unbranched alkanes of at least 4 members (excludes halogenated alkanes) is 4. The standard InChI is InChI=1S/C15H25NS/c1-3-5-6-7-10-13-16-14-11-8-9-12-15(14)17-4-2/h8-9,11-12,16H,3-7,10,13H2,1-2H3. The third-order valence-corrected chi connectivity index (χ3v) is 3.74. The Bertz CT molecular complexity index is 299. The maximum atomic E-state index is 3.55. The van der Waals surface area contributed by atoms with Gasteiger partial charge >= 0.3 is 0 Å². The predicted molar refractivity (Wildman–Crippen MR) is 80.1 cm³/mol. The van der Waals surface area contributed by atoms with Crippen molar-refractivity contribution in [1.29, 1.82) is 0 Å². The SMILES string of the molecule is CCCCCCCNc1ccccc1SCC. The topological polar surface area (TPSA) is 12.0 Å². The Morgan fingerprint density at radius 2 is 1.76 bits per heavy atom. The highest BCUT2D eigenvalue weighted by atomic mass is 32.2. The fourth-order valence-electron chi connectivity index (χ4n) is 1.85. The van der Waals surface area contributed by atoms with Crippen LogP contribution < -0.4 is 5.32 Å². The average Bonchev–Trinajstić information content (AvgIpc) is 2.36. The molecule has 0 aliphatic rings. The van der Waals surface area contributed by atoms with Crippen LogP contribution in [0.2, 0.25) is 0 Å². The first-order chi connectivity index (χ1) is 8.38. The molecular weight excluding hydrogens is 226 g/mol. The van der Waals surface area contributed by atoms with Crippen molar-refractivity contribution in [2.75, 3.05) is 17.6 Å². The highest BCUT2D eigenvalue weighted by Gasteiger charge is 1.99. The van der Waals surface area contributed by atoms with E-state index in [-0.39, 0.29) is 0 Å². The Labute approximate surface area is 110 Å². The van der Waals surface area contributed by atoms with Crippen LogP contribution in [0.4, 0.5) is 5.69 Å². The third-order valence-electron chi connectivity index (χ3n) is 2.78. The van der Waals surface area contributed by atoms with E-state index in [1.807, 2.05) is 11.8 Å². The molecule has 0 unspecified atom stereocenters. The third kappa shape index (κ3) is 6.02. The molecule has 0 aliphatic heterocycles. The van der Waals surface area contributed by atoms with E-state index in [1.165, 1.54) is 42.7 Å². The van der Waals surface area contributed by atoms with Crippen molar-refractivity contribution in [3.63, 3.8) is 0 Å². The molecule has 0 aromatic heterocycles. The zero-order chi connectivity index (χ0) is 12.3. The van der Waals surface area contributed by atoms with Crippen molar-refractivity contribution in [3.05, 3.63) is 24.3 Å². The van der Waals surface area contributed by atoms with Crippen LogP contribution in [0.25, 0.3) is 0 Å². The Kier molecular flexibility index (Phi) is 7.98. The largest absolute Gasteiger partial charge is 0.384 e. The number of hydrogen-bond acceptors (Lipinski definition) is 2. The molecule has 0 bridgehead atoms. The molecule has 1 aromatic rings. The highest BCUT2D eigenvalue weighted by Crippen LogP contribution is 2.26. The minimum atomic E-state index is 1.10. The van der Waals surface area contributed by atoms with Gasteiger partial charge in [0.2, 0.25) is 0 Å². The van der Waals surface area contributed by atoms with Gasteiger partial charge in [0.05, 0.1) is 0 Å². The summed E-state index contributed by atoms with van der Waals surface area (Å²) in [6.07, 6.45) is 6.71. The molecule has 0 amide bonds.